The van der Waals surface area contributed by atoms with E-state index in [9.17, 15) is 9.59 Å². The minimum atomic E-state index is -0.172. The standard InChI is InChI=1S/C11H20N2O3/c1-9(11(15)16-3)8-12-4-6-13(7-5-12)10(2)14/h9H,4-8H2,1-3H3/t9-/m0/s1. The number of carbonyl (C=O) groups is 2. The lowest BCUT2D eigenvalue weighted by Gasteiger charge is -2.35. The smallest absolute Gasteiger partial charge is 0.309 e. The van der Waals surface area contributed by atoms with E-state index in [1.807, 2.05) is 11.8 Å². The molecule has 16 heavy (non-hydrogen) atoms. The fourth-order valence-electron chi connectivity index (χ4n) is 1.91. The molecule has 1 rings (SSSR count). The molecule has 1 aliphatic heterocycles. The van der Waals surface area contributed by atoms with Crippen molar-refractivity contribution in [2.75, 3.05) is 39.8 Å². The molecule has 0 N–H and O–H groups in total. The van der Waals surface area contributed by atoms with Gasteiger partial charge in [-0.3, -0.25) is 14.5 Å². The Morgan fingerprint density at radius 1 is 1.25 bits per heavy atom. The quantitative estimate of drug-likeness (QED) is 0.636. The van der Waals surface area contributed by atoms with Gasteiger partial charge in [-0.15, -0.1) is 0 Å². The second kappa shape index (κ2) is 5.84. The number of nitrogens with zero attached hydrogens (tertiary/aromatic N) is 2. The summed E-state index contributed by atoms with van der Waals surface area (Å²) >= 11 is 0. The normalized spacial score (nSPS) is 19.3. The Morgan fingerprint density at radius 3 is 2.25 bits per heavy atom. The Morgan fingerprint density at radius 2 is 1.81 bits per heavy atom. The fraction of sp³-hybridized carbons (Fsp3) is 0.818. The first kappa shape index (κ1) is 13.0. The number of esters is 1. The highest BCUT2D eigenvalue weighted by molar-refractivity contribution is 5.73. The van der Waals surface area contributed by atoms with Crippen molar-refractivity contribution in [1.29, 1.82) is 0 Å². The second-order valence-corrected chi connectivity index (χ2v) is 4.23. The number of methoxy groups -OCH3 is 1. The topological polar surface area (TPSA) is 49.9 Å². The molecule has 5 nitrogen and oxygen atoms in total. The van der Waals surface area contributed by atoms with Gasteiger partial charge in [-0.25, -0.2) is 0 Å². The van der Waals surface area contributed by atoms with Crippen molar-refractivity contribution in [2.45, 2.75) is 13.8 Å². The molecule has 0 aliphatic carbocycles. The van der Waals surface area contributed by atoms with Crippen molar-refractivity contribution in [3.05, 3.63) is 0 Å². The molecule has 0 aromatic carbocycles. The van der Waals surface area contributed by atoms with Crippen molar-refractivity contribution < 1.29 is 14.3 Å². The van der Waals surface area contributed by atoms with Crippen LogP contribution in [0.1, 0.15) is 13.8 Å². The largest absolute Gasteiger partial charge is 0.469 e. The van der Waals surface area contributed by atoms with E-state index >= 15 is 0 Å². The summed E-state index contributed by atoms with van der Waals surface area (Å²) in [6.07, 6.45) is 0. The van der Waals surface area contributed by atoms with Gasteiger partial charge in [0.2, 0.25) is 5.91 Å². The average Bonchev–Trinajstić information content (AvgIpc) is 2.28. The van der Waals surface area contributed by atoms with Crippen LogP contribution in [0.2, 0.25) is 0 Å². The van der Waals surface area contributed by atoms with E-state index in [1.54, 1.807) is 6.92 Å². The van der Waals surface area contributed by atoms with Gasteiger partial charge < -0.3 is 9.64 Å². The zero-order valence-corrected chi connectivity index (χ0v) is 10.2. The summed E-state index contributed by atoms with van der Waals surface area (Å²) in [6, 6.07) is 0. The molecule has 1 fully saturated rings. The Bertz CT molecular complexity index is 260. The van der Waals surface area contributed by atoms with Crippen LogP contribution in [-0.2, 0) is 14.3 Å². The molecular formula is C11H20N2O3. The summed E-state index contributed by atoms with van der Waals surface area (Å²) in [4.78, 5) is 26.4. The number of hydrogen-bond donors (Lipinski definition) is 0. The van der Waals surface area contributed by atoms with Gasteiger partial charge in [0.25, 0.3) is 0 Å². The lowest BCUT2D eigenvalue weighted by Crippen LogP contribution is -2.49. The molecule has 1 atom stereocenters. The van der Waals surface area contributed by atoms with E-state index in [-0.39, 0.29) is 17.8 Å². The minimum Gasteiger partial charge on any atom is -0.469 e. The van der Waals surface area contributed by atoms with Gasteiger partial charge in [-0.2, -0.15) is 0 Å². The summed E-state index contributed by atoms with van der Waals surface area (Å²) in [5, 5.41) is 0. The second-order valence-electron chi connectivity index (χ2n) is 4.23. The van der Waals surface area contributed by atoms with Crippen LogP contribution in [0.4, 0.5) is 0 Å². The van der Waals surface area contributed by atoms with Crippen molar-refractivity contribution in [3.8, 4) is 0 Å². The van der Waals surface area contributed by atoms with Crippen LogP contribution in [0.5, 0.6) is 0 Å². The molecule has 0 unspecified atom stereocenters. The first-order valence-electron chi connectivity index (χ1n) is 5.60. The van der Waals surface area contributed by atoms with Gasteiger partial charge in [0.15, 0.2) is 0 Å². The Labute approximate surface area is 96.3 Å². The zero-order chi connectivity index (χ0) is 12.1. The third-order valence-electron chi connectivity index (χ3n) is 2.95. The summed E-state index contributed by atoms with van der Waals surface area (Å²) in [5.41, 5.74) is 0. The summed E-state index contributed by atoms with van der Waals surface area (Å²) < 4.78 is 4.68. The van der Waals surface area contributed by atoms with Gasteiger partial charge in [0, 0.05) is 39.6 Å². The first-order valence-corrected chi connectivity index (χ1v) is 5.60. The van der Waals surface area contributed by atoms with Crippen LogP contribution < -0.4 is 0 Å². The van der Waals surface area contributed by atoms with E-state index in [2.05, 4.69) is 9.64 Å². The molecule has 1 heterocycles. The maximum absolute atomic E-state index is 11.2. The maximum atomic E-state index is 11.2. The highest BCUT2D eigenvalue weighted by Gasteiger charge is 2.22. The van der Waals surface area contributed by atoms with Crippen LogP contribution >= 0.6 is 0 Å². The lowest BCUT2D eigenvalue weighted by atomic mass is 10.1. The predicted molar refractivity (Wildman–Crippen MR) is 59.9 cm³/mol. The summed E-state index contributed by atoms with van der Waals surface area (Å²) in [7, 11) is 1.41. The molecule has 5 heteroatoms. The molecule has 92 valence electrons. The molecule has 0 aromatic heterocycles. The molecule has 0 spiro atoms. The monoisotopic (exact) mass is 228 g/mol. The van der Waals surface area contributed by atoms with E-state index < -0.39 is 0 Å². The molecular weight excluding hydrogens is 208 g/mol. The number of rotatable bonds is 3. The molecule has 0 aromatic rings. The first-order chi connectivity index (χ1) is 7.54. The molecule has 0 radical (unpaired) electrons. The number of piperazine rings is 1. The van der Waals surface area contributed by atoms with Gasteiger partial charge in [-0.1, -0.05) is 6.92 Å². The lowest BCUT2D eigenvalue weighted by molar-refractivity contribution is -0.146. The van der Waals surface area contributed by atoms with Crippen LogP contribution in [0.3, 0.4) is 0 Å². The van der Waals surface area contributed by atoms with Crippen molar-refractivity contribution in [1.82, 2.24) is 9.80 Å². The van der Waals surface area contributed by atoms with Crippen molar-refractivity contribution >= 4 is 11.9 Å². The van der Waals surface area contributed by atoms with Crippen LogP contribution in [-0.4, -0.2) is 61.5 Å². The van der Waals surface area contributed by atoms with Crippen LogP contribution in [0.15, 0.2) is 0 Å². The van der Waals surface area contributed by atoms with Gasteiger partial charge >= 0.3 is 5.97 Å². The third-order valence-corrected chi connectivity index (χ3v) is 2.95. The van der Waals surface area contributed by atoms with Crippen LogP contribution in [0.25, 0.3) is 0 Å². The highest BCUT2D eigenvalue weighted by atomic mass is 16.5. The van der Waals surface area contributed by atoms with Gasteiger partial charge in [-0.05, 0) is 0 Å². The minimum absolute atomic E-state index is 0.103. The zero-order valence-electron chi connectivity index (χ0n) is 10.2. The van der Waals surface area contributed by atoms with E-state index in [0.717, 1.165) is 26.2 Å². The number of amides is 1. The van der Waals surface area contributed by atoms with E-state index in [4.69, 9.17) is 0 Å². The fourth-order valence-corrected chi connectivity index (χ4v) is 1.91. The molecule has 1 saturated heterocycles. The maximum Gasteiger partial charge on any atom is 0.309 e. The third kappa shape index (κ3) is 3.48. The molecule has 0 saturated carbocycles. The Kier molecular flexibility index (Phi) is 4.73. The molecule has 1 aliphatic rings. The summed E-state index contributed by atoms with van der Waals surface area (Å²) in [5.74, 6) is -0.149. The van der Waals surface area contributed by atoms with Crippen molar-refractivity contribution in [3.63, 3.8) is 0 Å². The van der Waals surface area contributed by atoms with Crippen LogP contribution in [0, 0.1) is 5.92 Å². The van der Waals surface area contributed by atoms with E-state index in [1.165, 1.54) is 7.11 Å². The number of ether oxygens (including phenoxy) is 1. The molecule has 1 amide bonds. The predicted octanol–water partition coefficient (Wildman–Crippen LogP) is -0.0404. The Hall–Kier alpha value is -1.10. The SMILES string of the molecule is COC(=O)[C@@H](C)CN1CCN(C(C)=O)CC1. The Balaban J connectivity index is 2.32. The van der Waals surface area contributed by atoms with Gasteiger partial charge in [0.1, 0.15) is 0 Å². The average molecular weight is 228 g/mol. The van der Waals surface area contributed by atoms with Crippen molar-refractivity contribution in [2.24, 2.45) is 5.92 Å². The number of hydrogen-bond acceptors (Lipinski definition) is 4. The van der Waals surface area contributed by atoms with Gasteiger partial charge in [0.05, 0.1) is 13.0 Å². The molecule has 0 bridgehead atoms. The number of carbonyl (C=O) groups excluding carboxylic acids is 2. The highest BCUT2D eigenvalue weighted by Crippen LogP contribution is 2.06. The van der Waals surface area contributed by atoms with E-state index in [0.29, 0.717) is 6.54 Å². The summed E-state index contributed by atoms with van der Waals surface area (Å²) in [6.45, 7) is 7.34.